The first-order valence-corrected chi connectivity index (χ1v) is 10.5. The summed E-state index contributed by atoms with van der Waals surface area (Å²) in [7, 11) is 0. The SMILES string of the molecule is CC(C)(C)NC(=O)c1ccccc1NC(=O)c1cc(-c2ccccc2)nc2ccccc12. The van der Waals surface area contributed by atoms with E-state index in [1.54, 1.807) is 30.3 Å². The first-order chi connectivity index (χ1) is 15.3. The lowest BCUT2D eigenvalue weighted by Gasteiger charge is -2.21. The highest BCUT2D eigenvalue weighted by molar-refractivity contribution is 6.15. The van der Waals surface area contributed by atoms with E-state index in [9.17, 15) is 9.59 Å². The van der Waals surface area contributed by atoms with Crippen molar-refractivity contribution in [2.75, 3.05) is 5.32 Å². The number of fused-ring (bicyclic) bond motifs is 1. The second-order valence-corrected chi connectivity index (χ2v) is 8.64. The second-order valence-electron chi connectivity index (χ2n) is 8.64. The van der Waals surface area contributed by atoms with E-state index in [0.717, 1.165) is 16.5 Å². The van der Waals surface area contributed by atoms with E-state index in [4.69, 9.17) is 4.98 Å². The van der Waals surface area contributed by atoms with Crippen LogP contribution in [0, 0.1) is 0 Å². The van der Waals surface area contributed by atoms with Crippen LogP contribution in [0.5, 0.6) is 0 Å². The molecule has 0 saturated heterocycles. The van der Waals surface area contributed by atoms with Gasteiger partial charge in [-0.1, -0.05) is 60.7 Å². The molecule has 5 heteroatoms. The van der Waals surface area contributed by atoms with Crippen LogP contribution < -0.4 is 10.6 Å². The maximum atomic E-state index is 13.4. The largest absolute Gasteiger partial charge is 0.347 e. The van der Waals surface area contributed by atoms with Gasteiger partial charge in [-0.3, -0.25) is 9.59 Å². The number of hydrogen-bond acceptors (Lipinski definition) is 3. The van der Waals surface area contributed by atoms with E-state index in [1.807, 2.05) is 75.4 Å². The first-order valence-electron chi connectivity index (χ1n) is 10.5. The average Bonchev–Trinajstić information content (AvgIpc) is 2.78. The highest BCUT2D eigenvalue weighted by Crippen LogP contribution is 2.26. The van der Waals surface area contributed by atoms with E-state index in [0.29, 0.717) is 22.5 Å². The molecule has 2 amide bonds. The van der Waals surface area contributed by atoms with Crippen LogP contribution in [-0.4, -0.2) is 22.3 Å². The van der Waals surface area contributed by atoms with Crippen molar-refractivity contribution in [2.24, 2.45) is 0 Å². The summed E-state index contributed by atoms with van der Waals surface area (Å²) in [5.41, 5.74) is 3.36. The molecule has 4 aromatic rings. The van der Waals surface area contributed by atoms with Gasteiger partial charge in [-0.25, -0.2) is 4.98 Å². The first kappa shape index (κ1) is 21.2. The summed E-state index contributed by atoms with van der Waals surface area (Å²) in [6.45, 7) is 5.75. The maximum absolute atomic E-state index is 13.4. The number of pyridine rings is 1. The number of para-hydroxylation sites is 2. The zero-order valence-corrected chi connectivity index (χ0v) is 18.3. The Morgan fingerprint density at radius 1 is 0.750 bits per heavy atom. The van der Waals surface area contributed by atoms with Gasteiger partial charge < -0.3 is 10.6 Å². The van der Waals surface area contributed by atoms with Gasteiger partial charge >= 0.3 is 0 Å². The Labute approximate surface area is 187 Å². The van der Waals surface area contributed by atoms with Gasteiger partial charge in [0.25, 0.3) is 11.8 Å². The van der Waals surface area contributed by atoms with Crippen LogP contribution in [0.2, 0.25) is 0 Å². The van der Waals surface area contributed by atoms with Crippen molar-refractivity contribution in [1.82, 2.24) is 10.3 Å². The molecule has 0 saturated carbocycles. The lowest BCUT2D eigenvalue weighted by Crippen LogP contribution is -2.40. The summed E-state index contributed by atoms with van der Waals surface area (Å²) in [5.74, 6) is -0.533. The zero-order valence-electron chi connectivity index (χ0n) is 18.3. The monoisotopic (exact) mass is 423 g/mol. The summed E-state index contributed by atoms with van der Waals surface area (Å²) in [4.78, 5) is 30.9. The molecule has 2 N–H and O–H groups in total. The highest BCUT2D eigenvalue weighted by Gasteiger charge is 2.20. The van der Waals surface area contributed by atoms with Crippen LogP contribution in [-0.2, 0) is 0 Å². The average molecular weight is 424 g/mol. The van der Waals surface area contributed by atoms with Crippen LogP contribution in [0.3, 0.4) is 0 Å². The fourth-order valence-corrected chi connectivity index (χ4v) is 3.51. The molecule has 1 aromatic heterocycles. The topological polar surface area (TPSA) is 71.1 Å². The van der Waals surface area contributed by atoms with Gasteiger partial charge in [0.05, 0.1) is 28.0 Å². The Kier molecular flexibility index (Phi) is 5.73. The van der Waals surface area contributed by atoms with Gasteiger partial charge in [-0.15, -0.1) is 0 Å². The summed E-state index contributed by atoms with van der Waals surface area (Å²) in [6.07, 6.45) is 0. The fourth-order valence-electron chi connectivity index (χ4n) is 3.51. The van der Waals surface area contributed by atoms with Crippen molar-refractivity contribution in [3.63, 3.8) is 0 Å². The summed E-state index contributed by atoms with van der Waals surface area (Å²) in [5, 5.41) is 6.64. The van der Waals surface area contributed by atoms with Crippen molar-refractivity contribution < 1.29 is 9.59 Å². The number of amides is 2. The molecule has 0 radical (unpaired) electrons. The Hall–Kier alpha value is -3.99. The van der Waals surface area contributed by atoms with Crippen LogP contribution in [0.15, 0.2) is 84.9 Å². The number of rotatable bonds is 4. The van der Waals surface area contributed by atoms with Crippen LogP contribution in [0.1, 0.15) is 41.5 Å². The van der Waals surface area contributed by atoms with E-state index in [2.05, 4.69) is 10.6 Å². The minimum Gasteiger partial charge on any atom is -0.347 e. The predicted molar refractivity (Wildman–Crippen MR) is 129 cm³/mol. The minimum atomic E-state index is -0.389. The summed E-state index contributed by atoms with van der Waals surface area (Å²) in [6, 6.07) is 26.1. The molecule has 32 heavy (non-hydrogen) atoms. The van der Waals surface area contributed by atoms with E-state index in [-0.39, 0.29) is 17.4 Å². The molecule has 0 aliphatic carbocycles. The quantitative estimate of drug-likeness (QED) is 0.443. The molecule has 160 valence electrons. The Morgan fingerprint density at radius 3 is 2.16 bits per heavy atom. The molecule has 3 aromatic carbocycles. The van der Waals surface area contributed by atoms with Gasteiger partial charge in [0.2, 0.25) is 0 Å². The van der Waals surface area contributed by atoms with Crippen LogP contribution in [0.25, 0.3) is 22.2 Å². The molecule has 5 nitrogen and oxygen atoms in total. The number of hydrogen-bond donors (Lipinski definition) is 2. The molecule has 0 bridgehead atoms. The predicted octanol–water partition coefficient (Wildman–Crippen LogP) is 5.68. The van der Waals surface area contributed by atoms with Crippen LogP contribution in [0.4, 0.5) is 5.69 Å². The number of nitrogens with zero attached hydrogens (tertiary/aromatic N) is 1. The van der Waals surface area contributed by atoms with Gasteiger partial charge in [-0.05, 0) is 45.0 Å². The maximum Gasteiger partial charge on any atom is 0.256 e. The lowest BCUT2D eigenvalue weighted by molar-refractivity contribution is 0.0920. The number of carbonyl (C=O) groups is 2. The normalized spacial score (nSPS) is 11.2. The van der Waals surface area contributed by atoms with Gasteiger partial charge in [0.15, 0.2) is 0 Å². The summed E-state index contributed by atoms with van der Waals surface area (Å²) >= 11 is 0. The third-order valence-electron chi connectivity index (χ3n) is 4.94. The van der Waals surface area contributed by atoms with E-state index < -0.39 is 0 Å². The smallest absolute Gasteiger partial charge is 0.256 e. The summed E-state index contributed by atoms with van der Waals surface area (Å²) < 4.78 is 0. The molecule has 0 spiro atoms. The van der Waals surface area contributed by atoms with Gasteiger partial charge in [0, 0.05) is 16.5 Å². The molecule has 0 aliphatic heterocycles. The van der Waals surface area contributed by atoms with Crippen molar-refractivity contribution in [3.8, 4) is 11.3 Å². The van der Waals surface area contributed by atoms with Crippen molar-refractivity contribution in [3.05, 3.63) is 96.1 Å². The number of aromatic nitrogens is 1. The molecular formula is C27H25N3O2. The molecule has 1 heterocycles. The number of anilines is 1. The van der Waals surface area contributed by atoms with E-state index in [1.165, 1.54) is 0 Å². The van der Waals surface area contributed by atoms with Gasteiger partial charge in [0.1, 0.15) is 0 Å². The van der Waals surface area contributed by atoms with Crippen molar-refractivity contribution >= 4 is 28.4 Å². The minimum absolute atomic E-state index is 0.238. The molecule has 0 unspecified atom stereocenters. The Bertz CT molecular complexity index is 1290. The zero-order chi connectivity index (χ0) is 22.7. The van der Waals surface area contributed by atoms with E-state index >= 15 is 0 Å². The Morgan fingerprint density at radius 2 is 1.41 bits per heavy atom. The molecule has 0 fully saturated rings. The third-order valence-corrected chi connectivity index (χ3v) is 4.94. The highest BCUT2D eigenvalue weighted by atomic mass is 16.2. The second kappa shape index (κ2) is 8.63. The lowest BCUT2D eigenvalue weighted by atomic mass is 10.0. The Balaban J connectivity index is 1.74. The molecule has 0 atom stereocenters. The molecule has 4 rings (SSSR count). The van der Waals surface area contributed by atoms with Crippen molar-refractivity contribution in [2.45, 2.75) is 26.3 Å². The van der Waals surface area contributed by atoms with Crippen LogP contribution >= 0.6 is 0 Å². The number of carbonyl (C=O) groups excluding carboxylic acids is 2. The molecular weight excluding hydrogens is 398 g/mol. The standard InChI is InChI=1S/C27H25N3O2/c1-27(2,3)30-26(32)20-14-8-10-16-23(20)29-25(31)21-17-24(18-11-5-4-6-12-18)28-22-15-9-7-13-19(21)22/h4-17H,1-3H3,(H,29,31)(H,30,32). The van der Waals surface area contributed by atoms with Gasteiger partial charge in [-0.2, -0.15) is 0 Å². The third kappa shape index (κ3) is 4.67. The number of nitrogens with one attached hydrogen (secondary N) is 2. The number of benzene rings is 3. The fraction of sp³-hybridized carbons (Fsp3) is 0.148. The molecule has 0 aliphatic rings. The van der Waals surface area contributed by atoms with Crippen molar-refractivity contribution in [1.29, 1.82) is 0 Å².